The molecule has 0 aromatic carbocycles. The summed E-state index contributed by atoms with van der Waals surface area (Å²) in [6, 6.07) is 0. The van der Waals surface area contributed by atoms with E-state index in [0.717, 1.165) is 25.7 Å². The summed E-state index contributed by atoms with van der Waals surface area (Å²) in [7, 11) is 0. The first-order valence-electron chi connectivity index (χ1n) is 5.85. The highest BCUT2D eigenvalue weighted by Crippen LogP contribution is 2.35. The van der Waals surface area contributed by atoms with Crippen LogP contribution in [-0.2, 0) is 4.79 Å². The Morgan fingerprint density at radius 1 is 1.29 bits per heavy atom. The van der Waals surface area contributed by atoms with E-state index >= 15 is 0 Å². The zero-order valence-corrected chi connectivity index (χ0v) is 10.5. The highest BCUT2D eigenvalue weighted by molar-refractivity contribution is 7.80. The molecule has 0 bridgehead atoms. The van der Waals surface area contributed by atoms with Crippen LogP contribution in [0.4, 0.5) is 8.78 Å². The zero-order chi connectivity index (χ0) is 12.9. The van der Waals surface area contributed by atoms with Crippen molar-refractivity contribution in [2.45, 2.75) is 45.0 Å². The average Bonchev–Trinajstić information content (AvgIpc) is 2.51. The Hall–Kier alpha value is -0.780. The maximum absolute atomic E-state index is 12.1. The minimum Gasteiger partial charge on any atom is -0.392 e. The van der Waals surface area contributed by atoms with Crippen LogP contribution in [0.5, 0.6) is 0 Å². The van der Waals surface area contributed by atoms with E-state index in [1.54, 1.807) is 0 Å². The van der Waals surface area contributed by atoms with Crippen LogP contribution >= 0.6 is 12.2 Å². The lowest BCUT2D eigenvalue weighted by Crippen LogP contribution is -2.49. The van der Waals surface area contributed by atoms with E-state index in [4.69, 9.17) is 18.0 Å². The summed E-state index contributed by atoms with van der Waals surface area (Å²) >= 11 is 4.97. The van der Waals surface area contributed by atoms with Crippen molar-refractivity contribution in [3.05, 3.63) is 0 Å². The molecule has 1 aliphatic carbocycles. The minimum absolute atomic E-state index is 0.131. The predicted molar refractivity (Wildman–Crippen MR) is 65.9 cm³/mol. The molecule has 3 nitrogen and oxygen atoms in total. The standard InChI is InChI=1S/C11H18F2N2OS/c12-8(13)7-15-10(16)11(9(14)17)5-3-1-2-4-6-11/h8H,1-7H2,(H2,14,17)(H,15,16). The smallest absolute Gasteiger partial charge is 0.255 e. The molecule has 98 valence electrons. The molecule has 17 heavy (non-hydrogen) atoms. The van der Waals surface area contributed by atoms with E-state index < -0.39 is 24.3 Å². The lowest BCUT2D eigenvalue weighted by molar-refractivity contribution is -0.128. The molecule has 0 heterocycles. The van der Waals surface area contributed by atoms with Crippen LogP contribution < -0.4 is 11.1 Å². The highest BCUT2D eigenvalue weighted by Gasteiger charge is 2.41. The molecule has 0 radical (unpaired) electrons. The molecule has 0 aromatic rings. The molecule has 1 fully saturated rings. The van der Waals surface area contributed by atoms with Crippen molar-refractivity contribution >= 4 is 23.1 Å². The Morgan fingerprint density at radius 3 is 2.24 bits per heavy atom. The Kier molecular flexibility index (Phi) is 5.24. The average molecular weight is 264 g/mol. The van der Waals surface area contributed by atoms with Crippen molar-refractivity contribution in [1.82, 2.24) is 5.32 Å². The van der Waals surface area contributed by atoms with Crippen molar-refractivity contribution in [3.8, 4) is 0 Å². The number of nitrogens with two attached hydrogens (primary N) is 1. The first-order chi connectivity index (χ1) is 7.99. The summed E-state index contributed by atoms with van der Waals surface area (Å²) in [4.78, 5) is 12.1. The van der Waals surface area contributed by atoms with Gasteiger partial charge < -0.3 is 11.1 Å². The molecule has 1 amide bonds. The van der Waals surface area contributed by atoms with Gasteiger partial charge in [-0.15, -0.1) is 0 Å². The van der Waals surface area contributed by atoms with Crippen molar-refractivity contribution in [1.29, 1.82) is 0 Å². The van der Waals surface area contributed by atoms with Crippen LogP contribution in [-0.4, -0.2) is 23.9 Å². The monoisotopic (exact) mass is 264 g/mol. The van der Waals surface area contributed by atoms with Gasteiger partial charge in [0, 0.05) is 0 Å². The number of amides is 1. The first kappa shape index (κ1) is 14.3. The molecule has 0 atom stereocenters. The molecule has 0 aromatic heterocycles. The van der Waals surface area contributed by atoms with Gasteiger partial charge in [-0.1, -0.05) is 37.9 Å². The number of thiocarbonyl (C=S) groups is 1. The van der Waals surface area contributed by atoms with Gasteiger partial charge in [0.15, 0.2) is 0 Å². The van der Waals surface area contributed by atoms with E-state index in [-0.39, 0.29) is 4.99 Å². The van der Waals surface area contributed by atoms with E-state index in [2.05, 4.69) is 5.32 Å². The SMILES string of the molecule is NC(=S)C1(C(=O)NCC(F)F)CCCCCC1. The molecular formula is C11H18F2N2OS. The summed E-state index contributed by atoms with van der Waals surface area (Å²) in [6.07, 6.45) is 2.38. The number of rotatable bonds is 4. The molecule has 6 heteroatoms. The van der Waals surface area contributed by atoms with Crippen LogP contribution in [0.3, 0.4) is 0 Å². The van der Waals surface area contributed by atoms with Gasteiger partial charge in [0.1, 0.15) is 0 Å². The lowest BCUT2D eigenvalue weighted by atomic mass is 9.79. The second-order valence-electron chi connectivity index (χ2n) is 4.46. The highest BCUT2D eigenvalue weighted by atomic mass is 32.1. The lowest BCUT2D eigenvalue weighted by Gasteiger charge is -2.30. The normalized spacial score (nSPS) is 19.7. The minimum atomic E-state index is -2.55. The van der Waals surface area contributed by atoms with E-state index in [1.165, 1.54) is 0 Å². The van der Waals surface area contributed by atoms with Crippen LogP contribution in [0.2, 0.25) is 0 Å². The van der Waals surface area contributed by atoms with Gasteiger partial charge in [-0.3, -0.25) is 4.79 Å². The number of hydrogen-bond donors (Lipinski definition) is 2. The number of carbonyl (C=O) groups excluding carboxylic acids is 1. The Bertz CT molecular complexity index is 289. The molecule has 3 N–H and O–H groups in total. The predicted octanol–water partition coefficient (Wildman–Crippen LogP) is 1.99. The Labute approximate surface area is 105 Å². The molecule has 0 unspecified atom stereocenters. The fourth-order valence-electron chi connectivity index (χ4n) is 2.26. The topological polar surface area (TPSA) is 55.1 Å². The fraction of sp³-hybridized carbons (Fsp3) is 0.818. The number of carbonyl (C=O) groups is 1. The number of alkyl halides is 2. The summed E-state index contributed by atoms with van der Waals surface area (Å²) < 4.78 is 24.2. The van der Waals surface area contributed by atoms with Crippen LogP contribution in [0.25, 0.3) is 0 Å². The number of nitrogens with one attached hydrogen (secondary N) is 1. The van der Waals surface area contributed by atoms with Gasteiger partial charge >= 0.3 is 0 Å². The van der Waals surface area contributed by atoms with Gasteiger partial charge in [0.2, 0.25) is 5.91 Å². The molecule has 1 aliphatic rings. The van der Waals surface area contributed by atoms with Crippen molar-refractivity contribution in [2.24, 2.45) is 11.1 Å². The molecular weight excluding hydrogens is 246 g/mol. The molecule has 0 saturated heterocycles. The van der Waals surface area contributed by atoms with E-state index in [1.807, 2.05) is 0 Å². The largest absolute Gasteiger partial charge is 0.392 e. The van der Waals surface area contributed by atoms with Gasteiger partial charge in [-0.2, -0.15) is 0 Å². The second-order valence-corrected chi connectivity index (χ2v) is 4.90. The summed E-state index contributed by atoms with van der Waals surface area (Å²) in [6.45, 7) is -0.636. The van der Waals surface area contributed by atoms with Crippen LogP contribution in [0.15, 0.2) is 0 Å². The van der Waals surface area contributed by atoms with Crippen molar-refractivity contribution < 1.29 is 13.6 Å². The number of hydrogen-bond acceptors (Lipinski definition) is 2. The molecule has 0 aliphatic heterocycles. The van der Waals surface area contributed by atoms with Crippen LogP contribution in [0, 0.1) is 5.41 Å². The second kappa shape index (κ2) is 6.23. The fourth-order valence-corrected chi connectivity index (χ4v) is 2.55. The van der Waals surface area contributed by atoms with Crippen molar-refractivity contribution in [3.63, 3.8) is 0 Å². The van der Waals surface area contributed by atoms with Crippen molar-refractivity contribution in [2.75, 3.05) is 6.54 Å². The third-order valence-electron chi connectivity index (χ3n) is 3.28. The molecule has 1 rings (SSSR count). The Morgan fingerprint density at radius 2 is 1.82 bits per heavy atom. The Balaban J connectivity index is 2.75. The summed E-state index contributed by atoms with van der Waals surface area (Å²) in [5.41, 5.74) is 4.75. The van der Waals surface area contributed by atoms with E-state index in [0.29, 0.717) is 12.8 Å². The van der Waals surface area contributed by atoms with Gasteiger partial charge in [-0.05, 0) is 12.8 Å². The van der Waals surface area contributed by atoms with Crippen LogP contribution in [0.1, 0.15) is 38.5 Å². The first-order valence-corrected chi connectivity index (χ1v) is 6.26. The third kappa shape index (κ3) is 3.59. The summed E-state index contributed by atoms with van der Waals surface area (Å²) in [5.74, 6) is -0.438. The molecule has 1 saturated carbocycles. The third-order valence-corrected chi connectivity index (χ3v) is 3.67. The number of halogens is 2. The quantitative estimate of drug-likeness (QED) is 0.603. The maximum atomic E-state index is 12.1. The van der Waals surface area contributed by atoms with Gasteiger partial charge in [0.05, 0.1) is 16.9 Å². The molecule has 0 spiro atoms. The van der Waals surface area contributed by atoms with Gasteiger partial charge in [-0.25, -0.2) is 8.78 Å². The van der Waals surface area contributed by atoms with Gasteiger partial charge in [0.25, 0.3) is 6.43 Å². The maximum Gasteiger partial charge on any atom is 0.255 e. The zero-order valence-electron chi connectivity index (χ0n) is 9.68. The summed E-state index contributed by atoms with van der Waals surface area (Å²) in [5, 5.41) is 2.25. The van der Waals surface area contributed by atoms with E-state index in [9.17, 15) is 13.6 Å².